The van der Waals surface area contributed by atoms with E-state index in [1.807, 2.05) is 0 Å². The lowest BCUT2D eigenvalue weighted by molar-refractivity contribution is 0.281. The predicted molar refractivity (Wildman–Crippen MR) is 79.4 cm³/mol. The summed E-state index contributed by atoms with van der Waals surface area (Å²) >= 11 is 5.85. The number of halogens is 1. The van der Waals surface area contributed by atoms with Crippen LogP contribution in [0.3, 0.4) is 0 Å². The summed E-state index contributed by atoms with van der Waals surface area (Å²) in [6.45, 7) is 1.13. The van der Waals surface area contributed by atoms with Crippen molar-refractivity contribution in [2.24, 2.45) is 0 Å². The molecule has 9 heteroatoms. The highest BCUT2D eigenvalue weighted by atomic mass is 35.5. The molecule has 0 amide bonds. The second-order valence-electron chi connectivity index (χ2n) is 4.99. The highest BCUT2D eigenvalue weighted by molar-refractivity contribution is 7.92. The molecule has 1 heterocycles. The van der Waals surface area contributed by atoms with Crippen molar-refractivity contribution < 1.29 is 21.9 Å². The van der Waals surface area contributed by atoms with Crippen LogP contribution < -0.4 is 0 Å². The number of benzene rings is 1. The summed E-state index contributed by atoms with van der Waals surface area (Å²) in [5.41, 5.74) is 0.315. The number of aliphatic hydroxyl groups is 1. The van der Waals surface area contributed by atoms with Crippen LogP contribution in [0.2, 0.25) is 5.02 Å². The van der Waals surface area contributed by atoms with E-state index in [0.717, 1.165) is 0 Å². The van der Waals surface area contributed by atoms with Crippen molar-refractivity contribution >= 4 is 31.5 Å². The molecule has 1 aromatic carbocycles. The zero-order valence-corrected chi connectivity index (χ0v) is 13.7. The van der Waals surface area contributed by atoms with Gasteiger partial charge in [0.2, 0.25) is 10.0 Å². The SMILES string of the molecule is CC1CS(=O)(=O)CCN1S(=O)(=O)c1ccc(Cl)c(CO)c1. The van der Waals surface area contributed by atoms with Crippen LogP contribution in [-0.4, -0.2) is 50.3 Å². The Hall–Kier alpha value is -0.670. The lowest BCUT2D eigenvalue weighted by Crippen LogP contribution is -2.49. The van der Waals surface area contributed by atoms with E-state index in [9.17, 15) is 16.8 Å². The Labute approximate surface area is 129 Å². The van der Waals surface area contributed by atoms with Gasteiger partial charge in [-0.15, -0.1) is 0 Å². The Balaban J connectivity index is 2.39. The number of hydrogen-bond acceptors (Lipinski definition) is 5. The first-order chi connectivity index (χ1) is 9.67. The molecule has 0 radical (unpaired) electrons. The molecular formula is C12H16ClNO5S2. The predicted octanol–water partition coefficient (Wildman–Crippen LogP) is 0.640. The number of sulfonamides is 1. The van der Waals surface area contributed by atoms with Crippen molar-refractivity contribution in [3.8, 4) is 0 Å². The van der Waals surface area contributed by atoms with E-state index in [2.05, 4.69) is 0 Å². The fraction of sp³-hybridized carbons (Fsp3) is 0.500. The molecular weight excluding hydrogens is 338 g/mol. The number of nitrogens with zero attached hydrogens (tertiary/aromatic N) is 1. The van der Waals surface area contributed by atoms with Crippen LogP contribution in [0, 0.1) is 0 Å². The molecule has 1 aromatic rings. The van der Waals surface area contributed by atoms with Crippen LogP contribution in [0.4, 0.5) is 0 Å². The molecule has 1 N–H and O–H groups in total. The van der Waals surface area contributed by atoms with Gasteiger partial charge in [-0.3, -0.25) is 0 Å². The molecule has 118 valence electrons. The molecule has 1 atom stereocenters. The first kappa shape index (κ1) is 16.7. The normalized spacial score (nSPS) is 23.1. The van der Waals surface area contributed by atoms with Gasteiger partial charge in [-0.1, -0.05) is 11.6 Å². The molecule has 0 bridgehead atoms. The molecule has 1 aliphatic heterocycles. The molecule has 1 aliphatic rings. The number of aliphatic hydroxyl groups excluding tert-OH is 1. The van der Waals surface area contributed by atoms with E-state index in [0.29, 0.717) is 5.56 Å². The summed E-state index contributed by atoms with van der Waals surface area (Å²) in [6.07, 6.45) is 0. The highest BCUT2D eigenvalue weighted by Gasteiger charge is 2.36. The fourth-order valence-corrected chi connectivity index (χ4v) is 5.93. The van der Waals surface area contributed by atoms with Crippen LogP contribution in [0.15, 0.2) is 23.1 Å². The lowest BCUT2D eigenvalue weighted by atomic mass is 10.2. The molecule has 1 saturated heterocycles. The van der Waals surface area contributed by atoms with Gasteiger partial charge in [0.05, 0.1) is 23.0 Å². The van der Waals surface area contributed by atoms with Gasteiger partial charge in [0.25, 0.3) is 0 Å². The summed E-state index contributed by atoms with van der Waals surface area (Å²) in [5.74, 6) is -0.371. The Morgan fingerprint density at radius 3 is 2.67 bits per heavy atom. The zero-order chi connectivity index (χ0) is 15.8. The summed E-state index contributed by atoms with van der Waals surface area (Å²) in [7, 11) is -7.01. The van der Waals surface area contributed by atoms with E-state index >= 15 is 0 Å². The maximum absolute atomic E-state index is 12.6. The lowest BCUT2D eigenvalue weighted by Gasteiger charge is -2.32. The van der Waals surface area contributed by atoms with Crippen molar-refractivity contribution in [3.63, 3.8) is 0 Å². The molecule has 6 nitrogen and oxygen atoms in total. The van der Waals surface area contributed by atoms with Gasteiger partial charge in [0, 0.05) is 17.6 Å². The zero-order valence-electron chi connectivity index (χ0n) is 11.4. The van der Waals surface area contributed by atoms with Crippen LogP contribution >= 0.6 is 11.6 Å². The molecule has 0 aromatic heterocycles. The molecule has 0 saturated carbocycles. The minimum absolute atomic E-state index is 0.00194. The van der Waals surface area contributed by atoms with E-state index < -0.39 is 25.9 Å². The minimum Gasteiger partial charge on any atom is -0.392 e. The van der Waals surface area contributed by atoms with Crippen LogP contribution in [0.5, 0.6) is 0 Å². The number of hydrogen-bond donors (Lipinski definition) is 1. The van der Waals surface area contributed by atoms with E-state index in [1.54, 1.807) is 6.92 Å². The van der Waals surface area contributed by atoms with Crippen molar-refractivity contribution in [2.75, 3.05) is 18.1 Å². The number of rotatable bonds is 3. The van der Waals surface area contributed by atoms with Crippen LogP contribution in [0.1, 0.15) is 12.5 Å². The summed E-state index contributed by atoms with van der Waals surface area (Å²) in [6, 6.07) is 3.45. The Bertz CT molecular complexity index is 745. The Morgan fingerprint density at radius 2 is 2.10 bits per heavy atom. The monoisotopic (exact) mass is 353 g/mol. The van der Waals surface area contributed by atoms with Crippen molar-refractivity contribution in [1.82, 2.24) is 4.31 Å². The third-order valence-electron chi connectivity index (χ3n) is 3.40. The second-order valence-corrected chi connectivity index (χ2v) is 9.52. The maximum atomic E-state index is 12.6. The van der Waals surface area contributed by atoms with Gasteiger partial charge in [0.1, 0.15) is 0 Å². The van der Waals surface area contributed by atoms with Gasteiger partial charge < -0.3 is 5.11 Å². The first-order valence-electron chi connectivity index (χ1n) is 6.29. The van der Waals surface area contributed by atoms with Crippen LogP contribution in [-0.2, 0) is 26.5 Å². The third kappa shape index (κ3) is 3.40. The Morgan fingerprint density at radius 1 is 1.43 bits per heavy atom. The third-order valence-corrected chi connectivity index (χ3v) is 7.58. The average Bonchev–Trinajstić information content (AvgIpc) is 2.37. The minimum atomic E-state index is -3.81. The van der Waals surface area contributed by atoms with Gasteiger partial charge in [0.15, 0.2) is 9.84 Å². The van der Waals surface area contributed by atoms with E-state index in [1.165, 1.54) is 22.5 Å². The van der Waals surface area contributed by atoms with Crippen molar-refractivity contribution in [1.29, 1.82) is 0 Å². The summed E-state index contributed by atoms with van der Waals surface area (Å²) in [5, 5.41) is 9.45. The second kappa shape index (κ2) is 5.85. The molecule has 2 rings (SSSR count). The van der Waals surface area contributed by atoms with Crippen molar-refractivity contribution in [3.05, 3.63) is 28.8 Å². The summed E-state index contributed by atoms with van der Waals surface area (Å²) in [4.78, 5) is 0.00194. The largest absolute Gasteiger partial charge is 0.392 e. The maximum Gasteiger partial charge on any atom is 0.243 e. The van der Waals surface area contributed by atoms with Gasteiger partial charge >= 0.3 is 0 Å². The standard InChI is InChI=1S/C12H16ClNO5S2/c1-9-8-20(16,17)5-4-14(9)21(18,19)11-2-3-12(13)10(6-11)7-15/h2-3,6,9,15H,4-5,7-8H2,1H3. The smallest absolute Gasteiger partial charge is 0.243 e. The van der Waals surface area contributed by atoms with Gasteiger partial charge in [-0.05, 0) is 30.7 Å². The quantitative estimate of drug-likeness (QED) is 0.861. The molecule has 0 aliphatic carbocycles. The van der Waals surface area contributed by atoms with E-state index in [-0.39, 0.29) is 34.6 Å². The van der Waals surface area contributed by atoms with E-state index in [4.69, 9.17) is 16.7 Å². The molecule has 1 fully saturated rings. The van der Waals surface area contributed by atoms with Gasteiger partial charge in [-0.25, -0.2) is 16.8 Å². The van der Waals surface area contributed by atoms with Gasteiger partial charge in [-0.2, -0.15) is 4.31 Å². The number of sulfone groups is 1. The molecule has 1 unspecified atom stereocenters. The molecule has 21 heavy (non-hydrogen) atoms. The first-order valence-corrected chi connectivity index (χ1v) is 9.93. The van der Waals surface area contributed by atoms with Crippen molar-refractivity contribution in [2.45, 2.75) is 24.5 Å². The topological polar surface area (TPSA) is 91.8 Å². The fourth-order valence-electron chi connectivity index (χ4n) is 2.31. The molecule has 0 spiro atoms. The van der Waals surface area contributed by atoms with Crippen LogP contribution in [0.25, 0.3) is 0 Å². The summed E-state index contributed by atoms with van der Waals surface area (Å²) < 4.78 is 49.5. The Kier molecular flexibility index (Phi) is 4.65. The average molecular weight is 354 g/mol. The highest BCUT2D eigenvalue weighted by Crippen LogP contribution is 2.26.